The molecule has 188 valence electrons. The lowest BCUT2D eigenvalue weighted by atomic mass is 9.77. The zero-order valence-corrected chi connectivity index (χ0v) is 21.7. The molecule has 6 rings (SSSR count). The topological polar surface area (TPSA) is 43.6 Å². The van der Waals surface area contributed by atoms with Gasteiger partial charge in [-0.3, -0.25) is 0 Å². The van der Waals surface area contributed by atoms with Crippen LogP contribution in [0.4, 0.5) is 0 Å². The number of tetrazole rings is 1. The molecule has 0 spiro atoms. The predicted octanol–water partition coefficient (Wildman–Crippen LogP) is 7.41. The molecule has 1 heterocycles. The number of rotatable bonds is 7. The zero-order valence-electron chi connectivity index (χ0n) is 21.7. The minimum Gasteiger partial charge on any atom is -0.206 e. The SMILES string of the molecule is Cc1ccc(C(=Cc2nnnn2C(c2ccccc2)(c2ccccc2)c2ccccc2)c2ccccc2)cc1. The van der Waals surface area contributed by atoms with Gasteiger partial charge in [-0.15, -0.1) is 5.10 Å². The maximum Gasteiger partial charge on any atom is 0.177 e. The summed E-state index contributed by atoms with van der Waals surface area (Å²) in [5, 5.41) is 13.5. The van der Waals surface area contributed by atoms with E-state index in [9.17, 15) is 0 Å². The van der Waals surface area contributed by atoms with Gasteiger partial charge in [-0.2, -0.15) is 0 Å². The van der Waals surface area contributed by atoms with Gasteiger partial charge in [0.05, 0.1) is 0 Å². The molecule has 0 amide bonds. The Morgan fingerprint density at radius 2 is 1.00 bits per heavy atom. The van der Waals surface area contributed by atoms with E-state index in [2.05, 4.69) is 150 Å². The van der Waals surface area contributed by atoms with E-state index in [-0.39, 0.29) is 0 Å². The van der Waals surface area contributed by atoms with Gasteiger partial charge < -0.3 is 0 Å². The molecule has 0 saturated carbocycles. The lowest BCUT2D eigenvalue weighted by Crippen LogP contribution is -2.39. The van der Waals surface area contributed by atoms with Crippen LogP contribution in [0.1, 0.15) is 39.2 Å². The van der Waals surface area contributed by atoms with Crippen LogP contribution in [0.3, 0.4) is 0 Å². The summed E-state index contributed by atoms with van der Waals surface area (Å²) in [4.78, 5) is 0. The van der Waals surface area contributed by atoms with Crippen molar-refractivity contribution < 1.29 is 0 Å². The number of aryl methyl sites for hydroxylation is 1. The zero-order chi connectivity index (χ0) is 26.5. The Labute approximate surface area is 228 Å². The van der Waals surface area contributed by atoms with Crippen LogP contribution in [0.5, 0.6) is 0 Å². The summed E-state index contributed by atoms with van der Waals surface area (Å²) >= 11 is 0. The van der Waals surface area contributed by atoms with Crippen LogP contribution < -0.4 is 0 Å². The fraction of sp³-hybridized carbons (Fsp3) is 0.0571. The van der Waals surface area contributed by atoms with Gasteiger partial charge in [0.2, 0.25) is 0 Å². The predicted molar refractivity (Wildman–Crippen MR) is 157 cm³/mol. The molecular formula is C35H28N4. The van der Waals surface area contributed by atoms with E-state index in [1.165, 1.54) is 5.56 Å². The van der Waals surface area contributed by atoms with Crippen LogP contribution in [-0.2, 0) is 5.54 Å². The molecule has 0 bridgehead atoms. The van der Waals surface area contributed by atoms with Crippen molar-refractivity contribution in [2.75, 3.05) is 0 Å². The first kappa shape index (κ1) is 24.3. The first-order valence-electron chi connectivity index (χ1n) is 13.1. The number of aromatic nitrogens is 4. The average Bonchev–Trinajstić information content (AvgIpc) is 3.47. The second-order valence-electron chi connectivity index (χ2n) is 9.55. The van der Waals surface area contributed by atoms with Crippen LogP contribution in [0.25, 0.3) is 11.6 Å². The van der Waals surface area contributed by atoms with E-state index < -0.39 is 5.54 Å². The third-order valence-electron chi connectivity index (χ3n) is 7.11. The Morgan fingerprint density at radius 1 is 0.564 bits per heavy atom. The van der Waals surface area contributed by atoms with Crippen molar-refractivity contribution in [3.05, 3.63) is 185 Å². The highest BCUT2D eigenvalue weighted by Crippen LogP contribution is 2.41. The van der Waals surface area contributed by atoms with Gasteiger partial charge in [-0.1, -0.05) is 151 Å². The number of hydrogen-bond acceptors (Lipinski definition) is 3. The quantitative estimate of drug-likeness (QED) is 0.213. The minimum absolute atomic E-state index is 0.658. The number of nitrogens with zero attached hydrogens (tertiary/aromatic N) is 4. The van der Waals surface area contributed by atoms with Crippen LogP contribution in [0.15, 0.2) is 146 Å². The third kappa shape index (κ3) is 4.57. The Kier molecular flexibility index (Phi) is 6.67. The van der Waals surface area contributed by atoms with E-state index in [0.717, 1.165) is 33.4 Å². The van der Waals surface area contributed by atoms with E-state index in [0.29, 0.717) is 5.82 Å². The van der Waals surface area contributed by atoms with Crippen LogP contribution in [0, 0.1) is 6.92 Å². The highest BCUT2D eigenvalue weighted by molar-refractivity contribution is 5.90. The molecule has 1 aromatic heterocycles. The molecule has 0 fully saturated rings. The van der Waals surface area contributed by atoms with E-state index in [4.69, 9.17) is 0 Å². The third-order valence-corrected chi connectivity index (χ3v) is 7.11. The van der Waals surface area contributed by atoms with Gasteiger partial charge in [-0.05, 0) is 56.8 Å². The van der Waals surface area contributed by atoms with Crippen molar-refractivity contribution in [1.82, 2.24) is 20.2 Å². The maximum atomic E-state index is 4.68. The molecular weight excluding hydrogens is 476 g/mol. The first-order chi connectivity index (χ1) is 19.3. The molecule has 0 N–H and O–H groups in total. The fourth-order valence-electron chi connectivity index (χ4n) is 5.24. The van der Waals surface area contributed by atoms with Crippen molar-refractivity contribution >= 4 is 11.6 Å². The molecule has 4 nitrogen and oxygen atoms in total. The Hall–Kier alpha value is -5.09. The van der Waals surface area contributed by atoms with E-state index >= 15 is 0 Å². The summed E-state index contributed by atoms with van der Waals surface area (Å²) in [5.41, 5.74) is 6.88. The molecule has 0 aliphatic rings. The highest BCUT2D eigenvalue weighted by Gasteiger charge is 2.41. The normalized spacial score (nSPS) is 11.9. The molecule has 0 radical (unpaired) electrons. The largest absolute Gasteiger partial charge is 0.206 e. The lowest BCUT2D eigenvalue weighted by molar-refractivity contribution is 0.443. The maximum absolute atomic E-state index is 4.68. The summed E-state index contributed by atoms with van der Waals surface area (Å²) in [5.74, 6) is 0.658. The summed E-state index contributed by atoms with van der Waals surface area (Å²) in [6.45, 7) is 2.10. The summed E-state index contributed by atoms with van der Waals surface area (Å²) < 4.78 is 1.96. The molecule has 0 saturated heterocycles. The smallest absolute Gasteiger partial charge is 0.177 e. The van der Waals surface area contributed by atoms with Gasteiger partial charge in [0, 0.05) is 0 Å². The molecule has 0 aliphatic heterocycles. The summed E-state index contributed by atoms with van der Waals surface area (Å²) in [6.07, 6.45) is 2.10. The molecule has 0 unspecified atom stereocenters. The van der Waals surface area contributed by atoms with Gasteiger partial charge in [0.1, 0.15) is 5.54 Å². The van der Waals surface area contributed by atoms with Crippen molar-refractivity contribution in [3.63, 3.8) is 0 Å². The van der Waals surface area contributed by atoms with Crippen LogP contribution in [0.2, 0.25) is 0 Å². The number of benzene rings is 5. The van der Waals surface area contributed by atoms with Gasteiger partial charge in [-0.25, -0.2) is 4.68 Å². The Morgan fingerprint density at radius 3 is 1.49 bits per heavy atom. The lowest BCUT2D eigenvalue weighted by Gasteiger charge is -2.36. The standard InChI is InChI=1S/C35H28N4/c1-27-22-24-29(25-23-27)33(28-14-6-2-7-15-28)26-34-36-37-38-39(34)35(30-16-8-3-9-17-30,31-18-10-4-11-19-31)32-20-12-5-13-21-32/h2-26H,1H3. The first-order valence-corrected chi connectivity index (χ1v) is 13.1. The van der Waals surface area contributed by atoms with Crippen LogP contribution >= 0.6 is 0 Å². The molecule has 6 aromatic rings. The molecule has 39 heavy (non-hydrogen) atoms. The molecule has 0 atom stereocenters. The summed E-state index contributed by atoms with van der Waals surface area (Å²) in [7, 11) is 0. The number of hydrogen-bond donors (Lipinski definition) is 0. The van der Waals surface area contributed by atoms with E-state index in [1.807, 2.05) is 28.9 Å². The second-order valence-corrected chi connectivity index (χ2v) is 9.55. The highest BCUT2D eigenvalue weighted by atomic mass is 15.6. The van der Waals surface area contributed by atoms with Crippen molar-refractivity contribution in [3.8, 4) is 0 Å². The van der Waals surface area contributed by atoms with Gasteiger partial charge >= 0.3 is 0 Å². The van der Waals surface area contributed by atoms with Crippen molar-refractivity contribution in [1.29, 1.82) is 0 Å². The second kappa shape index (κ2) is 10.7. The monoisotopic (exact) mass is 504 g/mol. The Balaban J connectivity index is 1.66. The fourth-order valence-corrected chi connectivity index (χ4v) is 5.24. The average molecular weight is 505 g/mol. The molecule has 0 aliphatic carbocycles. The summed E-state index contributed by atoms with van der Waals surface area (Å²) in [6, 6.07) is 50.4. The Bertz CT molecular complexity index is 1580. The molecule has 4 heteroatoms. The van der Waals surface area contributed by atoms with E-state index in [1.54, 1.807) is 0 Å². The van der Waals surface area contributed by atoms with Crippen LogP contribution in [-0.4, -0.2) is 20.2 Å². The molecule has 5 aromatic carbocycles. The van der Waals surface area contributed by atoms with Crippen molar-refractivity contribution in [2.45, 2.75) is 12.5 Å². The van der Waals surface area contributed by atoms with Crippen molar-refractivity contribution in [2.24, 2.45) is 0 Å². The van der Waals surface area contributed by atoms with Gasteiger partial charge in [0.25, 0.3) is 0 Å². The minimum atomic E-state index is -0.797. The van der Waals surface area contributed by atoms with Gasteiger partial charge in [0.15, 0.2) is 5.82 Å².